The fourth-order valence-electron chi connectivity index (χ4n) is 2.69. The smallest absolute Gasteiger partial charge is 0.337 e. The van der Waals surface area contributed by atoms with Gasteiger partial charge in [0.25, 0.3) is 5.91 Å². The third kappa shape index (κ3) is 3.77. The minimum Gasteiger partial charge on any atom is -0.491 e. The van der Waals surface area contributed by atoms with Gasteiger partial charge in [-0.15, -0.1) is 0 Å². The van der Waals surface area contributed by atoms with Crippen molar-refractivity contribution < 1.29 is 13.9 Å². The highest BCUT2D eigenvalue weighted by Crippen LogP contribution is 2.24. The minimum absolute atomic E-state index is 0.00423. The van der Waals surface area contributed by atoms with Crippen LogP contribution in [0, 0.1) is 13.8 Å². The summed E-state index contributed by atoms with van der Waals surface area (Å²) in [5, 5.41) is 3.40. The van der Waals surface area contributed by atoms with Gasteiger partial charge in [0, 0.05) is 23.2 Å². The SMILES string of the molecule is Cc1ccc(NC(=O)c2cc(=O)oc3cc(OC(C)C)ccc23)cc1C. The Morgan fingerprint density at radius 2 is 1.81 bits per heavy atom. The highest BCUT2D eigenvalue weighted by Gasteiger charge is 2.15. The fraction of sp³-hybridized carbons (Fsp3) is 0.238. The maximum Gasteiger partial charge on any atom is 0.337 e. The van der Waals surface area contributed by atoms with Gasteiger partial charge in [0.05, 0.1) is 11.7 Å². The summed E-state index contributed by atoms with van der Waals surface area (Å²) < 4.78 is 10.9. The Kier molecular flexibility index (Phi) is 4.80. The fourth-order valence-corrected chi connectivity index (χ4v) is 2.69. The molecule has 0 unspecified atom stereocenters. The van der Waals surface area contributed by atoms with Crippen molar-refractivity contribution in [3.63, 3.8) is 0 Å². The number of fused-ring (bicyclic) bond motifs is 1. The van der Waals surface area contributed by atoms with E-state index in [0.29, 0.717) is 22.4 Å². The van der Waals surface area contributed by atoms with E-state index in [1.807, 2.05) is 45.9 Å². The lowest BCUT2D eigenvalue weighted by atomic mass is 10.1. The third-order valence-electron chi connectivity index (χ3n) is 4.10. The Bertz CT molecular complexity index is 1030. The topological polar surface area (TPSA) is 68.5 Å². The molecule has 5 nitrogen and oxygen atoms in total. The second-order valence-corrected chi connectivity index (χ2v) is 6.56. The zero-order chi connectivity index (χ0) is 18.8. The first-order valence-corrected chi connectivity index (χ1v) is 8.46. The standard InChI is InChI=1S/C21H21NO4/c1-12(2)25-16-7-8-17-18(11-20(23)26-19(17)10-16)21(24)22-15-6-5-13(3)14(4)9-15/h5-12H,1-4H3,(H,22,24). The van der Waals surface area contributed by atoms with E-state index >= 15 is 0 Å². The molecule has 1 N–H and O–H groups in total. The van der Waals surface area contributed by atoms with Gasteiger partial charge in [0.15, 0.2) is 0 Å². The van der Waals surface area contributed by atoms with E-state index in [1.54, 1.807) is 18.2 Å². The summed E-state index contributed by atoms with van der Waals surface area (Å²) in [6.07, 6.45) is -0.00423. The first-order chi connectivity index (χ1) is 12.3. The van der Waals surface area contributed by atoms with Gasteiger partial charge >= 0.3 is 5.63 Å². The van der Waals surface area contributed by atoms with Crippen molar-refractivity contribution in [2.45, 2.75) is 33.8 Å². The molecule has 2 aromatic carbocycles. The number of anilines is 1. The van der Waals surface area contributed by atoms with Gasteiger partial charge < -0.3 is 14.5 Å². The first-order valence-electron chi connectivity index (χ1n) is 8.46. The van der Waals surface area contributed by atoms with Crippen LogP contribution < -0.4 is 15.7 Å². The largest absolute Gasteiger partial charge is 0.491 e. The van der Waals surface area contributed by atoms with Crippen LogP contribution in [0.15, 0.2) is 51.7 Å². The molecular weight excluding hydrogens is 330 g/mol. The summed E-state index contributed by atoms with van der Waals surface area (Å²) in [5.41, 5.74) is 2.91. The molecule has 134 valence electrons. The maximum absolute atomic E-state index is 12.7. The predicted octanol–water partition coefficient (Wildman–Crippen LogP) is 4.45. The van der Waals surface area contributed by atoms with Crippen LogP contribution in [0.5, 0.6) is 5.75 Å². The number of hydrogen-bond acceptors (Lipinski definition) is 4. The molecule has 26 heavy (non-hydrogen) atoms. The molecule has 1 amide bonds. The summed E-state index contributed by atoms with van der Waals surface area (Å²) >= 11 is 0. The number of benzene rings is 2. The average molecular weight is 351 g/mol. The molecule has 3 aromatic rings. The molecule has 0 aliphatic rings. The maximum atomic E-state index is 12.7. The number of nitrogens with one attached hydrogen (secondary N) is 1. The van der Waals surface area contributed by atoms with Gasteiger partial charge in [-0.25, -0.2) is 4.79 Å². The molecule has 1 heterocycles. The van der Waals surface area contributed by atoms with Crippen molar-refractivity contribution in [2.75, 3.05) is 5.32 Å². The number of carbonyl (C=O) groups is 1. The van der Waals surface area contributed by atoms with Crippen LogP contribution in [-0.4, -0.2) is 12.0 Å². The van der Waals surface area contributed by atoms with Gasteiger partial charge in [0.2, 0.25) is 0 Å². The van der Waals surface area contributed by atoms with Crippen molar-refractivity contribution in [3.05, 3.63) is 69.6 Å². The van der Waals surface area contributed by atoms with Crippen LogP contribution in [-0.2, 0) is 0 Å². The Labute approximate surface area is 151 Å². The van der Waals surface area contributed by atoms with Crippen LogP contribution in [0.2, 0.25) is 0 Å². The predicted molar refractivity (Wildman–Crippen MR) is 102 cm³/mol. The number of hydrogen-bond donors (Lipinski definition) is 1. The highest BCUT2D eigenvalue weighted by atomic mass is 16.5. The normalized spacial score (nSPS) is 11.0. The van der Waals surface area contributed by atoms with Gasteiger partial charge in [-0.1, -0.05) is 6.07 Å². The van der Waals surface area contributed by atoms with Gasteiger partial charge in [-0.3, -0.25) is 4.79 Å². The zero-order valence-corrected chi connectivity index (χ0v) is 15.3. The molecule has 0 saturated heterocycles. The van der Waals surface area contributed by atoms with E-state index < -0.39 is 5.63 Å². The molecule has 0 fully saturated rings. The Hall–Kier alpha value is -3.08. The van der Waals surface area contributed by atoms with Gasteiger partial charge in [0.1, 0.15) is 11.3 Å². The summed E-state index contributed by atoms with van der Waals surface area (Å²) in [6.45, 7) is 7.81. The van der Waals surface area contributed by atoms with E-state index in [-0.39, 0.29) is 17.6 Å². The van der Waals surface area contributed by atoms with Crippen molar-refractivity contribution in [1.29, 1.82) is 0 Å². The van der Waals surface area contributed by atoms with Crippen LogP contribution in [0.4, 0.5) is 5.69 Å². The summed E-state index contributed by atoms with van der Waals surface area (Å²) in [7, 11) is 0. The first kappa shape index (κ1) is 17.7. The molecule has 0 bridgehead atoms. The second kappa shape index (κ2) is 7.04. The number of ether oxygens (including phenoxy) is 1. The zero-order valence-electron chi connectivity index (χ0n) is 15.3. The molecule has 1 aromatic heterocycles. The second-order valence-electron chi connectivity index (χ2n) is 6.56. The van der Waals surface area contributed by atoms with Gasteiger partial charge in [-0.2, -0.15) is 0 Å². The average Bonchev–Trinajstić information content (AvgIpc) is 2.56. The van der Waals surface area contributed by atoms with Crippen molar-refractivity contribution in [3.8, 4) is 5.75 Å². The molecule has 0 atom stereocenters. The Morgan fingerprint density at radius 1 is 1.04 bits per heavy atom. The number of aryl methyl sites for hydroxylation is 2. The van der Waals surface area contributed by atoms with E-state index in [4.69, 9.17) is 9.15 Å². The van der Waals surface area contributed by atoms with Crippen molar-refractivity contribution in [1.82, 2.24) is 0 Å². The molecule has 0 radical (unpaired) electrons. The summed E-state index contributed by atoms with van der Waals surface area (Å²) in [4.78, 5) is 24.6. The van der Waals surface area contributed by atoms with Crippen LogP contribution in [0.25, 0.3) is 11.0 Å². The minimum atomic E-state index is -0.579. The number of carbonyl (C=O) groups excluding carboxylic acids is 1. The summed E-state index contributed by atoms with van der Waals surface area (Å²) in [5.74, 6) is 0.228. The van der Waals surface area contributed by atoms with Crippen LogP contribution >= 0.6 is 0 Å². The van der Waals surface area contributed by atoms with E-state index in [2.05, 4.69) is 5.32 Å². The molecule has 0 aliphatic carbocycles. The van der Waals surface area contributed by atoms with E-state index in [9.17, 15) is 9.59 Å². The molecule has 5 heteroatoms. The van der Waals surface area contributed by atoms with Crippen molar-refractivity contribution in [2.24, 2.45) is 0 Å². The number of rotatable bonds is 4. The third-order valence-corrected chi connectivity index (χ3v) is 4.10. The molecule has 3 rings (SSSR count). The van der Waals surface area contributed by atoms with Gasteiger partial charge in [-0.05, 0) is 63.1 Å². The molecular formula is C21H21NO4. The molecule has 0 saturated carbocycles. The Balaban J connectivity index is 1.99. The van der Waals surface area contributed by atoms with E-state index in [1.165, 1.54) is 6.07 Å². The lowest BCUT2D eigenvalue weighted by Crippen LogP contribution is -2.15. The van der Waals surface area contributed by atoms with E-state index in [0.717, 1.165) is 11.1 Å². The lowest BCUT2D eigenvalue weighted by molar-refractivity contribution is 0.102. The summed E-state index contributed by atoms with van der Waals surface area (Å²) in [6, 6.07) is 12.0. The Morgan fingerprint density at radius 3 is 2.50 bits per heavy atom. The number of amides is 1. The molecule has 0 aliphatic heterocycles. The quantitative estimate of drug-likeness (QED) is 0.705. The molecule has 0 spiro atoms. The van der Waals surface area contributed by atoms with Crippen LogP contribution in [0.1, 0.15) is 35.3 Å². The monoisotopic (exact) mass is 351 g/mol. The van der Waals surface area contributed by atoms with Crippen LogP contribution in [0.3, 0.4) is 0 Å². The highest BCUT2D eigenvalue weighted by molar-refractivity contribution is 6.12. The van der Waals surface area contributed by atoms with Crippen molar-refractivity contribution >= 4 is 22.6 Å². The lowest BCUT2D eigenvalue weighted by Gasteiger charge is -2.11.